The molecule has 1 rings (SSSR count). The van der Waals surface area contributed by atoms with Gasteiger partial charge in [0.05, 0.1) is 0 Å². The Morgan fingerprint density at radius 1 is 1.14 bits per heavy atom. The van der Waals surface area contributed by atoms with Crippen molar-refractivity contribution in [3.05, 3.63) is 35.4 Å². The second-order valence-electron chi connectivity index (χ2n) is 3.43. The molecular formula is C11H15F2N. The summed E-state index contributed by atoms with van der Waals surface area (Å²) >= 11 is 0. The van der Waals surface area contributed by atoms with E-state index in [2.05, 4.69) is 12.2 Å². The van der Waals surface area contributed by atoms with Crippen LogP contribution in [-0.4, -0.2) is 13.6 Å². The van der Waals surface area contributed by atoms with E-state index in [1.165, 1.54) is 12.1 Å². The summed E-state index contributed by atoms with van der Waals surface area (Å²) in [6.07, 6.45) is -2.37. The van der Waals surface area contributed by atoms with Crippen molar-refractivity contribution >= 4 is 0 Å². The van der Waals surface area contributed by atoms with Crippen molar-refractivity contribution in [1.82, 2.24) is 5.32 Å². The molecule has 0 aliphatic heterocycles. The van der Waals surface area contributed by atoms with Gasteiger partial charge in [-0.05, 0) is 18.5 Å². The maximum absolute atomic E-state index is 12.2. The van der Waals surface area contributed by atoms with Gasteiger partial charge in [-0.1, -0.05) is 31.2 Å². The number of hydrogen-bond donors (Lipinski definition) is 1. The topological polar surface area (TPSA) is 12.0 Å². The standard InChI is InChI=1S/C11H15F2N/c1-8(7-14-2)9-3-5-10(6-4-9)11(12)13/h3-6,8,11,14H,7H2,1-2H3. The Kier molecular flexibility index (Phi) is 4.01. The molecular weight excluding hydrogens is 184 g/mol. The Bertz CT molecular complexity index is 269. The fourth-order valence-electron chi connectivity index (χ4n) is 1.39. The van der Waals surface area contributed by atoms with Crippen LogP contribution in [0.25, 0.3) is 0 Å². The first-order chi connectivity index (χ1) is 6.65. The summed E-state index contributed by atoms with van der Waals surface area (Å²) in [5, 5.41) is 3.06. The lowest BCUT2D eigenvalue weighted by Crippen LogP contribution is -2.14. The molecule has 1 aromatic rings. The van der Waals surface area contributed by atoms with Crippen molar-refractivity contribution in [3.8, 4) is 0 Å². The number of halogens is 2. The highest BCUT2D eigenvalue weighted by Crippen LogP contribution is 2.21. The highest BCUT2D eigenvalue weighted by molar-refractivity contribution is 5.25. The molecule has 0 aliphatic rings. The van der Waals surface area contributed by atoms with Gasteiger partial charge in [0, 0.05) is 12.1 Å². The Hall–Kier alpha value is -0.960. The summed E-state index contributed by atoms with van der Waals surface area (Å²) in [6.45, 7) is 2.92. The van der Waals surface area contributed by atoms with E-state index in [0.29, 0.717) is 5.92 Å². The second-order valence-corrected chi connectivity index (χ2v) is 3.43. The third-order valence-corrected chi connectivity index (χ3v) is 2.27. The van der Waals surface area contributed by atoms with E-state index in [1.54, 1.807) is 12.1 Å². The monoisotopic (exact) mass is 199 g/mol. The average molecular weight is 199 g/mol. The maximum Gasteiger partial charge on any atom is 0.263 e. The number of hydrogen-bond acceptors (Lipinski definition) is 1. The molecule has 1 unspecified atom stereocenters. The molecule has 1 nitrogen and oxygen atoms in total. The van der Waals surface area contributed by atoms with Gasteiger partial charge in [-0.2, -0.15) is 0 Å². The van der Waals surface area contributed by atoms with E-state index < -0.39 is 6.43 Å². The van der Waals surface area contributed by atoms with Gasteiger partial charge < -0.3 is 5.32 Å². The molecule has 0 spiro atoms. The van der Waals surface area contributed by atoms with E-state index in [9.17, 15) is 8.78 Å². The third-order valence-electron chi connectivity index (χ3n) is 2.27. The lowest BCUT2D eigenvalue weighted by Gasteiger charge is -2.11. The summed E-state index contributed by atoms with van der Waals surface area (Å²) < 4.78 is 24.5. The molecule has 78 valence electrons. The number of benzene rings is 1. The largest absolute Gasteiger partial charge is 0.319 e. The SMILES string of the molecule is CNCC(C)c1ccc(C(F)F)cc1. The number of likely N-dealkylation sites (N-methyl/N-ethyl adjacent to an activating group) is 1. The van der Waals surface area contributed by atoms with Crippen LogP contribution in [0.2, 0.25) is 0 Å². The van der Waals surface area contributed by atoms with Gasteiger partial charge in [-0.15, -0.1) is 0 Å². The summed E-state index contributed by atoms with van der Waals surface area (Å²) in [7, 11) is 1.88. The molecule has 0 heterocycles. The smallest absolute Gasteiger partial charge is 0.263 e. The first-order valence-electron chi connectivity index (χ1n) is 4.67. The Labute approximate surface area is 83.1 Å². The molecule has 1 N–H and O–H groups in total. The normalized spacial score (nSPS) is 13.2. The van der Waals surface area contributed by atoms with Gasteiger partial charge in [0.1, 0.15) is 0 Å². The van der Waals surface area contributed by atoms with E-state index in [4.69, 9.17) is 0 Å². The molecule has 0 saturated carbocycles. The Morgan fingerprint density at radius 2 is 1.64 bits per heavy atom. The van der Waals surface area contributed by atoms with Crippen LogP contribution in [0.15, 0.2) is 24.3 Å². The van der Waals surface area contributed by atoms with Gasteiger partial charge in [0.2, 0.25) is 0 Å². The zero-order valence-corrected chi connectivity index (χ0v) is 8.43. The minimum absolute atomic E-state index is 0.0883. The quantitative estimate of drug-likeness (QED) is 0.786. The van der Waals surface area contributed by atoms with Crippen molar-refractivity contribution in [2.75, 3.05) is 13.6 Å². The molecule has 0 bridgehead atoms. The van der Waals surface area contributed by atoms with Crippen LogP contribution in [0.5, 0.6) is 0 Å². The van der Waals surface area contributed by atoms with E-state index in [0.717, 1.165) is 12.1 Å². The van der Waals surface area contributed by atoms with Gasteiger partial charge in [0.15, 0.2) is 0 Å². The molecule has 0 fully saturated rings. The molecule has 0 radical (unpaired) electrons. The third kappa shape index (κ3) is 2.77. The molecule has 3 heteroatoms. The van der Waals surface area contributed by atoms with Crippen LogP contribution in [0.1, 0.15) is 30.4 Å². The Balaban J connectivity index is 2.72. The predicted molar refractivity (Wildman–Crippen MR) is 53.7 cm³/mol. The zero-order chi connectivity index (χ0) is 10.6. The van der Waals surface area contributed by atoms with E-state index in [1.807, 2.05) is 7.05 Å². The van der Waals surface area contributed by atoms with E-state index in [-0.39, 0.29) is 5.56 Å². The van der Waals surface area contributed by atoms with Gasteiger partial charge >= 0.3 is 0 Å². The van der Waals surface area contributed by atoms with Gasteiger partial charge in [-0.25, -0.2) is 8.78 Å². The Morgan fingerprint density at radius 3 is 2.07 bits per heavy atom. The lowest BCUT2D eigenvalue weighted by molar-refractivity contribution is 0.151. The van der Waals surface area contributed by atoms with Crippen LogP contribution in [-0.2, 0) is 0 Å². The van der Waals surface area contributed by atoms with Crippen LogP contribution < -0.4 is 5.32 Å². The van der Waals surface area contributed by atoms with E-state index >= 15 is 0 Å². The predicted octanol–water partition coefficient (Wildman–Crippen LogP) is 2.95. The lowest BCUT2D eigenvalue weighted by atomic mass is 10.00. The summed E-state index contributed by atoms with van der Waals surface area (Å²) in [5.74, 6) is 0.353. The maximum atomic E-state index is 12.2. The zero-order valence-electron chi connectivity index (χ0n) is 8.43. The summed E-state index contributed by atoms with van der Waals surface area (Å²) in [5.41, 5.74) is 1.18. The van der Waals surface area contributed by atoms with Crippen LogP contribution in [0, 0.1) is 0 Å². The van der Waals surface area contributed by atoms with Crippen molar-refractivity contribution in [2.45, 2.75) is 19.3 Å². The average Bonchev–Trinajstić information content (AvgIpc) is 2.18. The molecule has 0 aliphatic carbocycles. The highest BCUT2D eigenvalue weighted by Gasteiger charge is 2.08. The molecule has 0 amide bonds. The van der Waals surface area contributed by atoms with Gasteiger partial charge in [0.25, 0.3) is 6.43 Å². The minimum Gasteiger partial charge on any atom is -0.319 e. The molecule has 0 saturated heterocycles. The molecule has 14 heavy (non-hydrogen) atoms. The number of alkyl halides is 2. The van der Waals surface area contributed by atoms with Crippen molar-refractivity contribution < 1.29 is 8.78 Å². The van der Waals surface area contributed by atoms with Crippen LogP contribution >= 0.6 is 0 Å². The minimum atomic E-state index is -2.37. The second kappa shape index (κ2) is 5.05. The molecule has 0 aromatic heterocycles. The first-order valence-corrected chi connectivity index (χ1v) is 4.67. The summed E-state index contributed by atoms with van der Waals surface area (Å²) in [4.78, 5) is 0. The number of nitrogens with one attached hydrogen (secondary N) is 1. The fraction of sp³-hybridized carbons (Fsp3) is 0.455. The molecule has 1 aromatic carbocycles. The fourth-order valence-corrected chi connectivity index (χ4v) is 1.39. The van der Waals surface area contributed by atoms with Gasteiger partial charge in [-0.3, -0.25) is 0 Å². The van der Waals surface area contributed by atoms with Crippen LogP contribution in [0.4, 0.5) is 8.78 Å². The van der Waals surface area contributed by atoms with Crippen molar-refractivity contribution in [3.63, 3.8) is 0 Å². The summed E-state index contributed by atoms with van der Waals surface area (Å²) in [6, 6.07) is 6.52. The van der Waals surface area contributed by atoms with Crippen LogP contribution in [0.3, 0.4) is 0 Å². The first kappa shape index (κ1) is 11.1. The highest BCUT2D eigenvalue weighted by atomic mass is 19.3. The number of rotatable bonds is 4. The molecule has 1 atom stereocenters. The van der Waals surface area contributed by atoms with Crippen molar-refractivity contribution in [1.29, 1.82) is 0 Å². The van der Waals surface area contributed by atoms with Crippen molar-refractivity contribution in [2.24, 2.45) is 0 Å².